The molecule has 1 saturated carbocycles. The number of nitrogens with zero attached hydrogens (tertiary/aromatic N) is 1. The third-order valence-corrected chi connectivity index (χ3v) is 3.79. The first-order valence-electron chi connectivity index (χ1n) is 6.59. The van der Waals surface area contributed by atoms with Crippen LogP contribution in [0.25, 0.3) is 0 Å². The number of carbonyl (C=O) groups is 1. The summed E-state index contributed by atoms with van der Waals surface area (Å²) in [6.07, 6.45) is 4.51. The summed E-state index contributed by atoms with van der Waals surface area (Å²) in [5, 5.41) is 0. The third kappa shape index (κ3) is 2.21. The minimum atomic E-state index is 0.261. The highest BCUT2D eigenvalue weighted by molar-refractivity contribution is 5.81. The van der Waals surface area contributed by atoms with Gasteiger partial charge in [0, 0.05) is 25.2 Å². The number of hydrogen-bond donors (Lipinski definition) is 0. The maximum atomic E-state index is 11.3. The lowest BCUT2D eigenvalue weighted by molar-refractivity contribution is -0.116. The van der Waals surface area contributed by atoms with E-state index in [1.165, 1.54) is 36.2 Å². The van der Waals surface area contributed by atoms with E-state index in [4.69, 9.17) is 0 Å². The Hall–Kier alpha value is -1.31. The quantitative estimate of drug-likeness (QED) is 0.791. The Morgan fingerprint density at radius 2 is 2.24 bits per heavy atom. The summed E-state index contributed by atoms with van der Waals surface area (Å²) < 4.78 is 0. The summed E-state index contributed by atoms with van der Waals surface area (Å²) in [5.41, 5.74) is 4.03. The number of rotatable bonds is 4. The molecule has 1 aliphatic carbocycles. The molecule has 2 nitrogen and oxygen atoms in total. The van der Waals surface area contributed by atoms with Crippen LogP contribution in [-0.4, -0.2) is 18.9 Å². The Morgan fingerprint density at radius 1 is 1.41 bits per heavy atom. The Bertz CT molecular complexity index is 448. The lowest BCUT2D eigenvalue weighted by Gasteiger charge is -2.21. The molecule has 1 aromatic rings. The Morgan fingerprint density at radius 3 is 2.94 bits per heavy atom. The van der Waals surface area contributed by atoms with E-state index in [1.54, 1.807) is 6.92 Å². The highest BCUT2D eigenvalue weighted by Crippen LogP contribution is 2.37. The van der Waals surface area contributed by atoms with Crippen LogP contribution in [0.1, 0.15) is 30.9 Å². The maximum Gasteiger partial charge on any atom is 0.134 e. The predicted molar refractivity (Wildman–Crippen MR) is 69.5 cm³/mol. The molecule has 0 spiro atoms. The molecule has 1 aliphatic heterocycles. The van der Waals surface area contributed by atoms with E-state index >= 15 is 0 Å². The van der Waals surface area contributed by atoms with Gasteiger partial charge in [-0.3, -0.25) is 4.79 Å². The summed E-state index contributed by atoms with van der Waals surface area (Å²) in [7, 11) is 0. The molecule has 0 atom stereocenters. The fourth-order valence-electron chi connectivity index (χ4n) is 2.83. The van der Waals surface area contributed by atoms with Crippen molar-refractivity contribution < 1.29 is 4.79 Å². The van der Waals surface area contributed by atoms with Crippen molar-refractivity contribution in [3.05, 3.63) is 29.3 Å². The van der Waals surface area contributed by atoms with E-state index in [9.17, 15) is 4.79 Å². The first-order chi connectivity index (χ1) is 8.24. The van der Waals surface area contributed by atoms with Gasteiger partial charge in [-0.2, -0.15) is 0 Å². The number of para-hydroxylation sites is 1. The number of anilines is 1. The van der Waals surface area contributed by atoms with Gasteiger partial charge >= 0.3 is 0 Å². The van der Waals surface area contributed by atoms with Crippen LogP contribution in [-0.2, 0) is 17.6 Å². The molecule has 2 aliphatic rings. The molecule has 90 valence electrons. The van der Waals surface area contributed by atoms with Crippen molar-refractivity contribution >= 4 is 11.5 Å². The fourth-order valence-corrected chi connectivity index (χ4v) is 2.83. The number of benzene rings is 1. The van der Waals surface area contributed by atoms with E-state index in [0.29, 0.717) is 6.42 Å². The van der Waals surface area contributed by atoms with E-state index in [0.717, 1.165) is 18.9 Å². The van der Waals surface area contributed by atoms with Gasteiger partial charge in [0.1, 0.15) is 5.78 Å². The van der Waals surface area contributed by atoms with Gasteiger partial charge in [0.15, 0.2) is 0 Å². The van der Waals surface area contributed by atoms with Crippen molar-refractivity contribution in [3.8, 4) is 0 Å². The first-order valence-corrected chi connectivity index (χ1v) is 6.59. The molecular weight excluding hydrogens is 210 g/mol. The van der Waals surface area contributed by atoms with Crippen LogP contribution in [0.4, 0.5) is 5.69 Å². The third-order valence-electron chi connectivity index (χ3n) is 3.79. The van der Waals surface area contributed by atoms with Crippen LogP contribution in [0.15, 0.2) is 18.2 Å². The zero-order chi connectivity index (χ0) is 11.8. The summed E-state index contributed by atoms with van der Waals surface area (Å²) in [6, 6.07) is 6.43. The van der Waals surface area contributed by atoms with Gasteiger partial charge < -0.3 is 4.90 Å². The molecule has 0 radical (unpaired) electrons. The lowest BCUT2D eigenvalue weighted by atomic mass is 10.0. The minimum absolute atomic E-state index is 0.261. The summed E-state index contributed by atoms with van der Waals surface area (Å²) in [4.78, 5) is 13.8. The second-order valence-electron chi connectivity index (χ2n) is 5.44. The summed E-state index contributed by atoms with van der Waals surface area (Å²) in [5.74, 6) is 1.17. The van der Waals surface area contributed by atoms with E-state index in [1.807, 2.05) is 0 Å². The standard InChI is InChI=1S/C15H19NO/c1-11(17)9-14-4-2-3-13-7-8-16(15(13)14)10-12-5-6-12/h2-4,12H,5-10H2,1H3. The van der Waals surface area contributed by atoms with Gasteiger partial charge in [-0.15, -0.1) is 0 Å². The highest BCUT2D eigenvalue weighted by Gasteiger charge is 2.29. The number of fused-ring (bicyclic) bond motifs is 1. The van der Waals surface area contributed by atoms with Gasteiger partial charge in [0.25, 0.3) is 0 Å². The molecule has 2 heteroatoms. The molecule has 17 heavy (non-hydrogen) atoms. The van der Waals surface area contributed by atoms with Crippen LogP contribution in [0.2, 0.25) is 0 Å². The molecule has 0 aromatic heterocycles. The van der Waals surface area contributed by atoms with Crippen molar-refractivity contribution in [2.75, 3.05) is 18.0 Å². The SMILES string of the molecule is CC(=O)Cc1cccc2c1N(CC1CC1)CC2. The summed E-state index contributed by atoms with van der Waals surface area (Å²) >= 11 is 0. The largest absolute Gasteiger partial charge is 0.370 e. The van der Waals surface area contributed by atoms with E-state index < -0.39 is 0 Å². The molecular formula is C15H19NO. The molecule has 0 saturated heterocycles. The van der Waals surface area contributed by atoms with Gasteiger partial charge in [0.05, 0.1) is 0 Å². The average Bonchev–Trinajstić information content (AvgIpc) is 2.99. The van der Waals surface area contributed by atoms with Crippen LogP contribution < -0.4 is 4.90 Å². The Kier molecular flexibility index (Phi) is 2.65. The minimum Gasteiger partial charge on any atom is -0.370 e. The molecule has 0 unspecified atom stereocenters. The van der Waals surface area contributed by atoms with Crippen LogP contribution >= 0.6 is 0 Å². The molecule has 3 rings (SSSR count). The number of hydrogen-bond acceptors (Lipinski definition) is 2. The zero-order valence-corrected chi connectivity index (χ0v) is 10.4. The van der Waals surface area contributed by atoms with E-state index in [2.05, 4.69) is 23.1 Å². The molecule has 1 heterocycles. The monoisotopic (exact) mass is 229 g/mol. The van der Waals surface area contributed by atoms with Crippen molar-refractivity contribution in [3.63, 3.8) is 0 Å². The molecule has 1 fully saturated rings. The van der Waals surface area contributed by atoms with Crippen LogP contribution in [0.3, 0.4) is 0 Å². The van der Waals surface area contributed by atoms with Crippen LogP contribution in [0.5, 0.6) is 0 Å². The maximum absolute atomic E-state index is 11.3. The van der Waals surface area contributed by atoms with Crippen LogP contribution in [0, 0.1) is 5.92 Å². The number of ketones is 1. The predicted octanol–water partition coefficient (Wildman–Crippen LogP) is 2.59. The number of Topliss-reactive ketones (excluding diaryl/α,β-unsaturated/α-hetero) is 1. The smallest absolute Gasteiger partial charge is 0.134 e. The molecule has 0 amide bonds. The highest BCUT2D eigenvalue weighted by atomic mass is 16.1. The second kappa shape index (κ2) is 4.17. The molecule has 0 N–H and O–H groups in total. The topological polar surface area (TPSA) is 20.3 Å². The van der Waals surface area contributed by atoms with Gasteiger partial charge in [-0.25, -0.2) is 0 Å². The van der Waals surface area contributed by atoms with Crippen molar-refractivity contribution in [1.82, 2.24) is 0 Å². The second-order valence-corrected chi connectivity index (χ2v) is 5.44. The molecule has 0 bridgehead atoms. The zero-order valence-electron chi connectivity index (χ0n) is 10.4. The average molecular weight is 229 g/mol. The number of carbonyl (C=O) groups excluding carboxylic acids is 1. The van der Waals surface area contributed by atoms with Crippen molar-refractivity contribution in [2.45, 2.75) is 32.6 Å². The summed E-state index contributed by atoms with van der Waals surface area (Å²) in [6.45, 7) is 4.02. The van der Waals surface area contributed by atoms with Crippen molar-refractivity contribution in [1.29, 1.82) is 0 Å². The van der Waals surface area contributed by atoms with Crippen molar-refractivity contribution in [2.24, 2.45) is 5.92 Å². The fraction of sp³-hybridized carbons (Fsp3) is 0.533. The lowest BCUT2D eigenvalue weighted by Crippen LogP contribution is -2.24. The Labute approximate surface area is 103 Å². The first kappa shape index (κ1) is 10.8. The molecule has 1 aromatic carbocycles. The Balaban J connectivity index is 1.89. The van der Waals surface area contributed by atoms with Gasteiger partial charge in [-0.05, 0) is 43.2 Å². The van der Waals surface area contributed by atoms with Gasteiger partial charge in [-0.1, -0.05) is 18.2 Å². The van der Waals surface area contributed by atoms with E-state index in [-0.39, 0.29) is 5.78 Å². The normalized spacial score (nSPS) is 18.3. The van der Waals surface area contributed by atoms with Gasteiger partial charge in [0.2, 0.25) is 0 Å².